The molecule has 7 aliphatic carbocycles. The molecule has 10 nitrogen and oxygen atoms in total. The number of aliphatic hydroxyl groups is 1. The van der Waals surface area contributed by atoms with Crippen molar-refractivity contribution in [2.75, 3.05) is 13.7 Å². The van der Waals surface area contributed by atoms with Crippen LogP contribution < -0.4 is 0 Å². The molecule has 0 amide bonds. The van der Waals surface area contributed by atoms with Crippen molar-refractivity contribution in [1.29, 1.82) is 0 Å². The van der Waals surface area contributed by atoms with E-state index < -0.39 is 34.8 Å². The van der Waals surface area contributed by atoms with E-state index in [0.717, 1.165) is 64.2 Å². The summed E-state index contributed by atoms with van der Waals surface area (Å²) in [5, 5.41) is 11.0. The number of hydrogen-bond acceptors (Lipinski definition) is 10. The third-order valence-electron chi connectivity index (χ3n) is 12.0. The highest BCUT2D eigenvalue weighted by Gasteiger charge is 2.72. The van der Waals surface area contributed by atoms with Gasteiger partial charge in [0.2, 0.25) is 0 Å². The van der Waals surface area contributed by atoms with Crippen molar-refractivity contribution in [3.63, 3.8) is 0 Å². The van der Waals surface area contributed by atoms with Gasteiger partial charge in [-0.25, -0.2) is 9.59 Å². The standard InChI is InChI=1S/C24H30O7.C12H20O3/c1-12(2)20(26)31-24(15-4-16-17(5-15)21(27)29-19(16)24)10-18(25)30-23-8-13-3-14(9-23)7-22(28,6-13)11-23;1-10(2)11(13)15-12(8-9-14-3)6-4-5-7-12/h13-17,19,28H,1,3-11H2,2H3;1,4-9H2,2-3H3. The number of rotatable bonds is 10. The van der Waals surface area contributed by atoms with E-state index >= 15 is 0 Å². The van der Waals surface area contributed by atoms with Crippen LogP contribution in [0, 0.1) is 29.6 Å². The molecule has 8 fully saturated rings. The maximum absolute atomic E-state index is 13.3. The molecule has 8 aliphatic rings. The van der Waals surface area contributed by atoms with E-state index in [4.69, 9.17) is 23.7 Å². The summed E-state index contributed by atoms with van der Waals surface area (Å²) < 4.78 is 28.3. The first-order valence-corrected chi connectivity index (χ1v) is 17.1. The summed E-state index contributed by atoms with van der Waals surface area (Å²) >= 11 is 0. The molecule has 0 aromatic heterocycles. The van der Waals surface area contributed by atoms with Crippen molar-refractivity contribution in [3.05, 3.63) is 24.3 Å². The molecule has 6 bridgehead atoms. The second kappa shape index (κ2) is 12.1. The molecule has 0 radical (unpaired) electrons. The van der Waals surface area contributed by atoms with Gasteiger partial charge in [-0.05, 0) is 96.3 Å². The fourth-order valence-corrected chi connectivity index (χ4v) is 10.5. The Morgan fingerprint density at radius 1 is 0.913 bits per heavy atom. The molecule has 0 spiro atoms. The highest BCUT2D eigenvalue weighted by atomic mass is 16.6. The number of fused-ring (bicyclic) bond motifs is 1. The van der Waals surface area contributed by atoms with E-state index in [2.05, 4.69) is 13.2 Å². The minimum absolute atomic E-state index is 0.0107. The van der Waals surface area contributed by atoms with E-state index in [1.807, 2.05) is 0 Å². The Balaban J connectivity index is 0.000000210. The van der Waals surface area contributed by atoms with Gasteiger partial charge in [-0.15, -0.1) is 0 Å². The Bertz CT molecular complexity index is 1280. The first-order valence-electron chi connectivity index (χ1n) is 17.1. The molecule has 0 aromatic rings. The summed E-state index contributed by atoms with van der Waals surface area (Å²) in [4.78, 5) is 49.6. The first kappa shape index (κ1) is 33.2. The number of esters is 4. The highest BCUT2D eigenvalue weighted by Crippen LogP contribution is 2.63. The van der Waals surface area contributed by atoms with E-state index in [1.165, 1.54) is 0 Å². The van der Waals surface area contributed by atoms with Crippen molar-refractivity contribution in [2.45, 2.75) is 132 Å². The van der Waals surface area contributed by atoms with Crippen LogP contribution in [0.1, 0.15) is 104 Å². The molecule has 7 atom stereocenters. The van der Waals surface area contributed by atoms with Gasteiger partial charge in [0, 0.05) is 49.5 Å². The zero-order chi connectivity index (χ0) is 33.1. The molecule has 7 unspecified atom stereocenters. The van der Waals surface area contributed by atoms with Crippen LogP contribution in [-0.2, 0) is 42.9 Å². The fourth-order valence-electron chi connectivity index (χ4n) is 10.5. The smallest absolute Gasteiger partial charge is 0.333 e. The normalized spacial score (nSPS) is 40.1. The average molecular weight is 643 g/mol. The molecule has 254 valence electrons. The van der Waals surface area contributed by atoms with Gasteiger partial charge in [0.1, 0.15) is 17.3 Å². The molecule has 1 heterocycles. The Labute approximate surface area is 271 Å². The summed E-state index contributed by atoms with van der Waals surface area (Å²) in [6, 6.07) is 0. The van der Waals surface area contributed by atoms with Gasteiger partial charge in [-0.3, -0.25) is 9.59 Å². The largest absolute Gasteiger partial charge is 0.459 e. The van der Waals surface area contributed by atoms with Gasteiger partial charge >= 0.3 is 23.9 Å². The average Bonchev–Trinajstić information content (AvgIpc) is 3.70. The molecular weight excluding hydrogens is 592 g/mol. The summed E-state index contributed by atoms with van der Waals surface area (Å²) in [5.74, 6) is -0.980. The zero-order valence-electron chi connectivity index (χ0n) is 27.6. The van der Waals surface area contributed by atoms with Crippen molar-refractivity contribution in [2.24, 2.45) is 29.6 Å². The topological polar surface area (TPSA) is 135 Å². The molecule has 7 saturated carbocycles. The molecule has 0 aromatic carbocycles. The van der Waals surface area contributed by atoms with Crippen LogP contribution in [0.25, 0.3) is 0 Å². The van der Waals surface area contributed by atoms with Crippen LogP contribution >= 0.6 is 0 Å². The molecule has 46 heavy (non-hydrogen) atoms. The van der Waals surface area contributed by atoms with E-state index in [-0.39, 0.29) is 47.3 Å². The summed E-state index contributed by atoms with van der Waals surface area (Å²) in [7, 11) is 1.67. The lowest BCUT2D eigenvalue weighted by Crippen LogP contribution is -2.61. The highest BCUT2D eigenvalue weighted by molar-refractivity contribution is 5.88. The lowest BCUT2D eigenvalue weighted by Gasteiger charge is -2.59. The summed E-state index contributed by atoms with van der Waals surface area (Å²) in [5.41, 5.74) is -2.10. The van der Waals surface area contributed by atoms with Gasteiger partial charge in [-0.1, -0.05) is 13.2 Å². The van der Waals surface area contributed by atoms with E-state index in [9.17, 15) is 24.3 Å². The Morgan fingerprint density at radius 3 is 2.13 bits per heavy atom. The molecule has 1 saturated heterocycles. The first-order chi connectivity index (χ1) is 21.7. The predicted molar refractivity (Wildman–Crippen MR) is 165 cm³/mol. The van der Waals surface area contributed by atoms with E-state index in [0.29, 0.717) is 43.3 Å². The number of ether oxygens (including phenoxy) is 5. The minimum Gasteiger partial charge on any atom is -0.459 e. The third kappa shape index (κ3) is 6.04. The van der Waals surface area contributed by atoms with Gasteiger partial charge in [-0.2, -0.15) is 0 Å². The SMILES string of the molecule is C=C(C)C(=O)OC1(CC(=O)OC23CC4CC(CC(O)(C4)C2)C3)C2CC3C(=O)OC1C3C2.C=C(C)C(=O)OC1(CCOC)CCCC1. The molecule has 1 N–H and O–H groups in total. The molecular formula is C36H50O10. The number of hydrogen-bond donors (Lipinski definition) is 1. The van der Waals surface area contributed by atoms with Crippen molar-refractivity contribution in [1.82, 2.24) is 0 Å². The van der Waals surface area contributed by atoms with Gasteiger partial charge < -0.3 is 28.8 Å². The van der Waals surface area contributed by atoms with E-state index in [1.54, 1.807) is 21.0 Å². The van der Waals surface area contributed by atoms with Crippen LogP contribution in [0.3, 0.4) is 0 Å². The van der Waals surface area contributed by atoms with Crippen molar-refractivity contribution in [3.8, 4) is 0 Å². The van der Waals surface area contributed by atoms with Crippen LogP contribution in [0.5, 0.6) is 0 Å². The third-order valence-corrected chi connectivity index (χ3v) is 12.0. The lowest BCUT2D eigenvalue weighted by atomic mass is 9.52. The lowest BCUT2D eigenvalue weighted by molar-refractivity contribution is -0.225. The minimum atomic E-state index is -1.18. The van der Waals surface area contributed by atoms with Gasteiger partial charge in [0.15, 0.2) is 5.60 Å². The second-order valence-electron chi connectivity index (χ2n) is 15.7. The zero-order valence-corrected chi connectivity index (χ0v) is 27.6. The molecule has 1 aliphatic heterocycles. The molecule has 8 rings (SSSR count). The summed E-state index contributed by atoms with van der Waals surface area (Å²) in [6.07, 6.45) is 10.3. The quantitative estimate of drug-likeness (QED) is 0.199. The van der Waals surface area contributed by atoms with Gasteiger partial charge in [0.25, 0.3) is 0 Å². The second-order valence-corrected chi connectivity index (χ2v) is 15.7. The number of methoxy groups -OCH3 is 1. The van der Waals surface area contributed by atoms with Crippen LogP contribution in [0.2, 0.25) is 0 Å². The Morgan fingerprint density at radius 2 is 1.54 bits per heavy atom. The Kier molecular flexibility index (Phi) is 8.70. The molecule has 10 heteroatoms. The number of carbonyl (C=O) groups is 4. The number of carbonyl (C=O) groups excluding carboxylic acids is 4. The monoisotopic (exact) mass is 642 g/mol. The predicted octanol–water partition coefficient (Wildman–Crippen LogP) is 4.90. The van der Waals surface area contributed by atoms with Crippen molar-refractivity contribution >= 4 is 23.9 Å². The maximum atomic E-state index is 13.3. The van der Waals surface area contributed by atoms with Crippen molar-refractivity contribution < 1.29 is 48.0 Å². The van der Waals surface area contributed by atoms with Crippen LogP contribution in [-0.4, -0.2) is 71.2 Å². The van der Waals surface area contributed by atoms with Crippen LogP contribution in [0.4, 0.5) is 0 Å². The summed E-state index contributed by atoms with van der Waals surface area (Å²) in [6.45, 7) is 11.2. The van der Waals surface area contributed by atoms with Crippen LogP contribution in [0.15, 0.2) is 24.3 Å². The van der Waals surface area contributed by atoms with Gasteiger partial charge in [0.05, 0.1) is 17.9 Å². The fraction of sp³-hybridized carbons (Fsp3) is 0.778. The maximum Gasteiger partial charge on any atom is 0.333 e. The Hall–Kier alpha value is -2.72.